The number of benzene rings is 1. The number of Topliss-reactive ketones (excluding diaryl/α,β-unsaturated/α-hetero) is 1. The summed E-state index contributed by atoms with van der Waals surface area (Å²) in [5.41, 5.74) is 1.03. The van der Waals surface area contributed by atoms with Crippen LogP contribution in [0.1, 0.15) is 39.0 Å². The molecule has 1 aromatic carbocycles. The molecule has 4 unspecified atom stereocenters. The van der Waals surface area contributed by atoms with Crippen LogP contribution >= 0.6 is 0 Å². The fourth-order valence-corrected chi connectivity index (χ4v) is 4.04. The maximum atomic E-state index is 12.9. The molecule has 4 atom stereocenters. The van der Waals surface area contributed by atoms with Crippen molar-refractivity contribution in [3.63, 3.8) is 0 Å². The smallest absolute Gasteiger partial charge is 0.247 e. The quantitative estimate of drug-likeness (QED) is 0.280. The Hall–Kier alpha value is -1.86. The van der Waals surface area contributed by atoms with Gasteiger partial charge in [0.25, 0.3) is 0 Å². The van der Waals surface area contributed by atoms with Crippen LogP contribution in [0.2, 0.25) is 0 Å². The van der Waals surface area contributed by atoms with Gasteiger partial charge in [-0.1, -0.05) is 31.5 Å². The van der Waals surface area contributed by atoms with E-state index in [1.807, 2.05) is 25.1 Å². The molecule has 3 N–H and O–H groups in total. The molecular formula is C23H30O6S. The van der Waals surface area contributed by atoms with Crippen LogP contribution in [0.5, 0.6) is 5.75 Å². The van der Waals surface area contributed by atoms with Gasteiger partial charge in [0, 0.05) is 12.7 Å². The van der Waals surface area contributed by atoms with E-state index in [0.717, 1.165) is 0 Å². The zero-order valence-electron chi connectivity index (χ0n) is 17.4. The van der Waals surface area contributed by atoms with Gasteiger partial charge in [-0.2, -0.15) is 0 Å². The summed E-state index contributed by atoms with van der Waals surface area (Å²) in [5.74, 6) is 0.0243. The number of carbonyl (C=O) groups excluding carboxylic acids is 1. The third-order valence-corrected chi connectivity index (χ3v) is 5.83. The number of carbonyl (C=O) groups is 1. The maximum Gasteiger partial charge on any atom is 0.247 e. The molecule has 0 heterocycles. The van der Waals surface area contributed by atoms with Crippen molar-refractivity contribution in [2.24, 2.45) is 0 Å². The number of hydrogen-bond acceptors (Lipinski definition) is 6. The van der Waals surface area contributed by atoms with Crippen LogP contribution < -0.4 is 4.74 Å². The SMILES string of the molecule is CCCC(Oc1ccccc1)C1(O)C=C([S+](C)[O-])C(=O)C1=C=CCC(O)CCCO. The second kappa shape index (κ2) is 11.5. The molecule has 1 aromatic rings. The van der Waals surface area contributed by atoms with Gasteiger partial charge in [0.15, 0.2) is 10.5 Å². The molecule has 2 rings (SSSR count). The Labute approximate surface area is 180 Å². The molecular weight excluding hydrogens is 404 g/mol. The second-order valence-corrected chi connectivity index (χ2v) is 8.65. The molecule has 0 saturated heterocycles. The summed E-state index contributed by atoms with van der Waals surface area (Å²) in [6, 6.07) is 9.01. The highest BCUT2D eigenvalue weighted by Gasteiger charge is 2.52. The van der Waals surface area contributed by atoms with Crippen LogP contribution in [-0.2, 0) is 16.0 Å². The molecule has 6 nitrogen and oxygen atoms in total. The Bertz CT molecular complexity index is 797. The molecule has 1 aliphatic carbocycles. The first kappa shape index (κ1) is 24.4. The Balaban J connectivity index is 2.40. The number of para-hydroxylation sites is 1. The largest absolute Gasteiger partial charge is 0.612 e. The molecule has 0 radical (unpaired) electrons. The average Bonchev–Trinajstić information content (AvgIpc) is 2.99. The number of ketones is 1. The van der Waals surface area contributed by atoms with E-state index in [0.29, 0.717) is 31.4 Å². The molecule has 0 aromatic heterocycles. The predicted molar refractivity (Wildman–Crippen MR) is 116 cm³/mol. The first-order valence-electron chi connectivity index (χ1n) is 10.1. The van der Waals surface area contributed by atoms with Gasteiger partial charge in [0.05, 0.1) is 11.7 Å². The minimum absolute atomic E-state index is 0.00871. The molecule has 0 saturated carbocycles. The Morgan fingerprint density at radius 2 is 2.00 bits per heavy atom. The molecule has 0 spiro atoms. The number of rotatable bonds is 11. The summed E-state index contributed by atoms with van der Waals surface area (Å²) in [4.78, 5) is 12.9. The van der Waals surface area contributed by atoms with Gasteiger partial charge >= 0.3 is 0 Å². The van der Waals surface area contributed by atoms with Crippen LogP contribution in [0.4, 0.5) is 0 Å². The van der Waals surface area contributed by atoms with E-state index in [9.17, 15) is 19.6 Å². The Morgan fingerprint density at radius 3 is 2.60 bits per heavy atom. The summed E-state index contributed by atoms with van der Waals surface area (Å²) in [5, 5.41) is 30.3. The zero-order valence-corrected chi connectivity index (χ0v) is 18.2. The van der Waals surface area contributed by atoms with E-state index in [1.165, 1.54) is 18.4 Å². The summed E-state index contributed by atoms with van der Waals surface area (Å²) in [7, 11) is 0. The summed E-state index contributed by atoms with van der Waals surface area (Å²) in [6.07, 6.45) is 5.02. The van der Waals surface area contributed by atoms with Gasteiger partial charge in [-0.3, -0.25) is 4.79 Å². The van der Waals surface area contributed by atoms with Gasteiger partial charge in [-0.25, -0.2) is 0 Å². The van der Waals surface area contributed by atoms with Crippen molar-refractivity contribution < 1.29 is 29.4 Å². The molecule has 0 amide bonds. The summed E-state index contributed by atoms with van der Waals surface area (Å²) >= 11 is -1.58. The van der Waals surface area contributed by atoms with Crippen LogP contribution in [0, 0.1) is 0 Å². The first-order valence-corrected chi connectivity index (χ1v) is 11.7. The highest BCUT2D eigenvalue weighted by atomic mass is 32.2. The number of hydrogen-bond donors (Lipinski definition) is 3. The lowest BCUT2D eigenvalue weighted by Gasteiger charge is -2.31. The van der Waals surface area contributed by atoms with E-state index in [1.54, 1.807) is 12.1 Å². The van der Waals surface area contributed by atoms with Crippen molar-refractivity contribution in [3.05, 3.63) is 58.7 Å². The number of aliphatic hydroxyl groups excluding tert-OH is 2. The molecule has 164 valence electrons. The fourth-order valence-electron chi connectivity index (χ4n) is 3.33. The third kappa shape index (κ3) is 6.08. The van der Waals surface area contributed by atoms with Gasteiger partial charge in [-0.05, 0) is 55.1 Å². The van der Waals surface area contributed by atoms with Gasteiger partial charge in [-0.15, -0.1) is 5.73 Å². The van der Waals surface area contributed by atoms with E-state index in [4.69, 9.17) is 9.84 Å². The van der Waals surface area contributed by atoms with Crippen molar-refractivity contribution in [1.82, 2.24) is 0 Å². The van der Waals surface area contributed by atoms with Gasteiger partial charge < -0.3 is 24.6 Å². The Morgan fingerprint density at radius 1 is 1.30 bits per heavy atom. The van der Waals surface area contributed by atoms with Crippen molar-refractivity contribution in [1.29, 1.82) is 0 Å². The van der Waals surface area contributed by atoms with E-state index in [2.05, 4.69) is 5.73 Å². The lowest BCUT2D eigenvalue weighted by molar-refractivity contribution is -0.113. The lowest BCUT2D eigenvalue weighted by Crippen LogP contribution is -2.45. The van der Waals surface area contributed by atoms with E-state index < -0.39 is 34.8 Å². The average molecular weight is 435 g/mol. The number of allylic oxidation sites excluding steroid dienone is 1. The van der Waals surface area contributed by atoms with Gasteiger partial charge in [0.1, 0.15) is 18.1 Å². The Kier molecular flexibility index (Phi) is 9.37. The highest BCUT2D eigenvalue weighted by Crippen LogP contribution is 2.38. The lowest BCUT2D eigenvalue weighted by atomic mass is 9.88. The van der Waals surface area contributed by atoms with Crippen LogP contribution in [-0.4, -0.2) is 56.3 Å². The second-order valence-electron chi connectivity index (χ2n) is 7.30. The van der Waals surface area contributed by atoms with E-state index in [-0.39, 0.29) is 23.5 Å². The molecule has 7 heteroatoms. The standard InChI is InChI=1S/C23H30O6S/c1-3-9-21(29-18-12-5-4-6-13-18)23(27)16-20(30(2)28)22(26)19(23)14-7-10-17(25)11-8-15-24/h4-7,12-13,16-17,21,24-25,27H,3,8-11,15H2,1-2H3. The maximum absolute atomic E-state index is 12.9. The summed E-state index contributed by atoms with van der Waals surface area (Å²) in [6.45, 7) is 1.94. The van der Waals surface area contributed by atoms with Crippen molar-refractivity contribution in [3.8, 4) is 5.75 Å². The predicted octanol–water partition coefficient (Wildman–Crippen LogP) is 2.42. The number of aliphatic hydroxyl groups is 3. The van der Waals surface area contributed by atoms with Gasteiger partial charge in [0.2, 0.25) is 5.78 Å². The van der Waals surface area contributed by atoms with E-state index >= 15 is 0 Å². The van der Waals surface area contributed by atoms with Crippen molar-refractivity contribution in [2.75, 3.05) is 12.9 Å². The van der Waals surface area contributed by atoms with Crippen LogP contribution in [0.3, 0.4) is 0 Å². The molecule has 1 aliphatic rings. The first-order chi connectivity index (χ1) is 14.3. The van der Waals surface area contributed by atoms with Crippen molar-refractivity contribution >= 4 is 17.0 Å². The highest BCUT2D eigenvalue weighted by molar-refractivity contribution is 7.95. The summed E-state index contributed by atoms with van der Waals surface area (Å²) < 4.78 is 18.1. The monoisotopic (exact) mass is 434 g/mol. The molecule has 0 bridgehead atoms. The topological polar surface area (TPSA) is 110 Å². The van der Waals surface area contributed by atoms with Crippen LogP contribution in [0.15, 0.2) is 58.7 Å². The zero-order chi connectivity index (χ0) is 22.1. The molecule has 0 aliphatic heterocycles. The normalized spacial score (nSPS) is 21.6. The minimum Gasteiger partial charge on any atom is -0.612 e. The molecule has 30 heavy (non-hydrogen) atoms. The number of ether oxygens (including phenoxy) is 1. The fraction of sp³-hybridized carbons (Fsp3) is 0.478. The van der Waals surface area contributed by atoms with Crippen LogP contribution in [0.25, 0.3) is 0 Å². The molecule has 0 fully saturated rings. The minimum atomic E-state index is -1.78. The third-order valence-electron chi connectivity index (χ3n) is 4.91. The van der Waals surface area contributed by atoms with Crippen molar-refractivity contribution in [2.45, 2.75) is 56.8 Å².